The van der Waals surface area contributed by atoms with Gasteiger partial charge in [-0.05, 0) is 63.2 Å². The Morgan fingerprint density at radius 3 is 2.36 bits per heavy atom. The Morgan fingerprint density at radius 1 is 1.04 bits per heavy atom. The molecular weight excluding hydrogens is 316 g/mol. The van der Waals surface area contributed by atoms with Crippen LogP contribution >= 0.6 is 0 Å². The molecule has 1 N–H and O–H groups in total. The van der Waals surface area contributed by atoms with E-state index in [1.165, 1.54) is 0 Å². The van der Waals surface area contributed by atoms with E-state index in [1.807, 2.05) is 49.7 Å². The van der Waals surface area contributed by atoms with E-state index >= 15 is 0 Å². The van der Waals surface area contributed by atoms with E-state index in [0.29, 0.717) is 17.1 Å². The first-order valence-corrected chi connectivity index (χ1v) is 7.94. The maximum absolute atomic E-state index is 12.5. The number of methoxy groups -OCH3 is 1. The van der Waals surface area contributed by atoms with Crippen molar-refractivity contribution in [2.45, 2.75) is 20.8 Å². The number of nitrogens with zero attached hydrogens (tertiary/aromatic N) is 3. The van der Waals surface area contributed by atoms with Crippen LogP contribution < -0.4 is 10.1 Å². The van der Waals surface area contributed by atoms with Crippen LogP contribution in [0.25, 0.3) is 5.69 Å². The minimum Gasteiger partial charge on any atom is -0.493 e. The predicted molar refractivity (Wildman–Crippen MR) is 96.5 cm³/mol. The Labute approximate surface area is 146 Å². The Bertz CT molecular complexity index is 914. The maximum Gasteiger partial charge on any atom is 0.256 e. The SMILES string of the molecule is COc1ccc(C)nc1NC(=O)c1ccc(-n2nc(C)cc2C)cc1. The summed E-state index contributed by atoms with van der Waals surface area (Å²) in [6, 6.07) is 12.9. The molecule has 2 aromatic heterocycles. The van der Waals surface area contributed by atoms with Gasteiger partial charge in [0, 0.05) is 17.0 Å². The molecule has 0 aliphatic heterocycles. The Morgan fingerprint density at radius 2 is 1.76 bits per heavy atom. The van der Waals surface area contributed by atoms with Gasteiger partial charge in [0.1, 0.15) is 0 Å². The van der Waals surface area contributed by atoms with E-state index in [1.54, 1.807) is 25.3 Å². The van der Waals surface area contributed by atoms with Gasteiger partial charge < -0.3 is 10.1 Å². The highest BCUT2D eigenvalue weighted by molar-refractivity contribution is 6.04. The summed E-state index contributed by atoms with van der Waals surface area (Å²) in [5.74, 6) is 0.699. The zero-order valence-corrected chi connectivity index (χ0v) is 14.7. The van der Waals surface area contributed by atoms with Gasteiger partial charge in [-0.3, -0.25) is 4.79 Å². The van der Waals surface area contributed by atoms with Crippen LogP contribution in [-0.2, 0) is 0 Å². The Hall–Kier alpha value is -3.15. The second-order valence-electron chi connectivity index (χ2n) is 5.84. The van der Waals surface area contributed by atoms with Crippen molar-refractivity contribution in [2.24, 2.45) is 0 Å². The number of aromatic nitrogens is 3. The molecule has 3 aromatic rings. The number of anilines is 1. The molecule has 25 heavy (non-hydrogen) atoms. The molecule has 0 atom stereocenters. The Balaban J connectivity index is 1.82. The molecule has 128 valence electrons. The summed E-state index contributed by atoms with van der Waals surface area (Å²) >= 11 is 0. The van der Waals surface area contributed by atoms with E-state index in [0.717, 1.165) is 22.8 Å². The van der Waals surface area contributed by atoms with Gasteiger partial charge in [0.25, 0.3) is 5.91 Å². The van der Waals surface area contributed by atoms with E-state index < -0.39 is 0 Å². The number of carbonyl (C=O) groups excluding carboxylic acids is 1. The van der Waals surface area contributed by atoms with Crippen molar-refractivity contribution in [1.29, 1.82) is 0 Å². The predicted octanol–water partition coefficient (Wildman–Crippen LogP) is 3.45. The molecule has 1 aromatic carbocycles. The summed E-state index contributed by atoms with van der Waals surface area (Å²) in [4.78, 5) is 16.8. The molecular formula is C19H20N4O2. The van der Waals surface area contributed by atoms with Crippen LogP contribution in [0.5, 0.6) is 5.75 Å². The minimum absolute atomic E-state index is 0.240. The monoisotopic (exact) mass is 336 g/mol. The zero-order valence-electron chi connectivity index (χ0n) is 14.7. The number of hydrogen-bond acceptors (Lipinski definition) is 4. The maximum atomic E-state index is 12.5. The van der Waals surface area contributed by atoms with Gasteiger partial charge in [0.15, 0.2) is 11.6 Å². The normalized spacial score (nSPS) is 10.6. The summed E-state index contributed by atoms with van der Waals surface area (Å²) in [5.41, 5.74) is 4.25. The summed E-state index contributed by atoms with van der Waals surface area (Å²) in [6.07, 6.45) is 0. The first-order chi connectivity index (χ1) is 12.0. The first kappa shape index (κ1) is 16.7. The lowest BCUT2D eigenvalue weighted by Gasteiger charge is -2.10. The third-order valence-electron chi connectivity index (χ3n) is 3.83. The van der Waals surface area contributed by atoms with Gasteiger partial charge in [-0.25, -0.2) is 9.67 Å². The molecule has 0 spiro atoms. The van der Waals surface area contributed by atoms with Crippen molar-refractivity contribution in [2.75, 3.05) is 12.4 Å². The van der Waals surface area contributed by atoms with Crippen molar-refractivity contribution in [3.05, 3.63) is 65.1 Å². The van der Waals surface area contributed by atoms with Gasteiger partial charge in [-0.2, -0.15) is 5.10 Å². The number of aryl methyl sites for hydroxylation is 3. The third kappa shape index (κ3) is 3.52. The molecule has 3 rings (SSSR count). The van der Waals surface area contributed by atoms with Crippen LogP contribution in [0, 0.1) is 20.8 Å². The minimum atomic E-state index is -0.240. The summed E-state index contributed by atoms with van der Waals surface area (Å²) in [7, 11) is 1.55. The standard InChI is InChI=1S/C19H20N4O2/c1-12-5-10-17(25-4)18(20-12)21-19(24)15-6-8-16(9-7-15)23-14(3)11-13(2)22-23/h5-11H,1-4H3,(H,20,21,24). The molecule has 6 heteroatoms. The lowest BCUT2D eigenvalue weighted by Crippen LogP contribution is -2.14. The van der Waals surface area contributed by atoms with Crippen molar-refractivity contribution in [3.63, 3.8) is 0 Å². The fraction of sp³-hybridized carbons (Fsp3) is 0.211. The average Bonchev–Trinajstić information content (AvgIpc) is 2.93. The van der Waals surface area contributed by atoms with Gasteiger partial charge in [0.05, 0.1) is 18.5 Å². The van der Waals surface area contributed by atoms with Gasteiger partial charge in [-0.1, -0.05) is 0 Å². The molecule has 0 aliphatic rings. The molecule has 0 aliphatic carbocycles. The molecule has 6 nitrogen and oxygen atoms in total. The van der Waals surface area contributed by atoms with Crippen molar-refractivity contribution in [1.82, 2.24) is 14.8 Å². The molecule has 0 fully saturated rings. The highest BCUT2D eigenvalue weighted by Gasteiger charge is 2.12. The highest BCUT2D eigenvalue weighted by Crippen LogP contribution is 2.22. The molecule has 0 saturated carbocycles. The number of amides is 1. The van der Waals surface area contributed by atoms with Gasteiger partial charge in [0.2, 0.25) is 0 Å². The van der Waals surface area contributed by atoms with Crippen LogP contribution in [0.4, 0.5) is 5.82 Å². The van der Waals surface area contributed by atoms with Crippen LogP contribution in [0.15, 0.2) is 42.5 Å². The zero-order chi connectivity index (χ0) is 18.0. The number of benzene rings is 1. The summed E-state index contributed by atoms with van der Waals surface area (Å²) < 4.78 is 7.09. The fourth-order valence-electron chi connectivity index (χ4n) is 2.62. The molecule has 0 saturated heterocycles. The average molecular weight is 336 g/mol. The smallest absolute Gasteiger partial charge is 0.256 e. The largest absolute Gasteiger partial charge is 0.493 e. The number of nitrogens with one attached hydrogen (secondary N) is 1. The van der Waals surface area contributed by atoms with Crippen molar-refractivity contribution >= 4 is 11.7 Å². The van der Waals surface area contributed by atoms with E-state index in [2.05, 4.69) is 15.4 Å². The summed E-state index contributed by atoms with van der Waals surface area (Å²) in [5, 5.41) is 7.24. The van der Waals surface area contributed by atoms with Gasteiger partial charge >= 0.3 is 0 Å². The summed E-state index contributed by atoms with van der Waals surface area (Å²) in [6.45, 7) is 5.81. The van der Waals surface area contributed by atoms with Gasteiger partial charge in [-0.15, -0.1) is 0 Å². The lowest BCUT2D eigenvalue weighted by atomic mass is 10.2. The molecule has 1 amide bonds. The number of rotatable bonds is 4. The lowest BCUT2D eigenvalue weighted by molar-refractivity contribution is 0.102. The number of hydrogen-bond donors (Lipinski definition) is 1. The second kappa shape index (κ2) is 6.76. The van der Waals surface area contributed by atoms with Crippen molar-refractivity contribution < 1.29 is 9.53 Å². The van der Waals surface area contributed by atoms with Crippen LogP contribution in [0.3, 0.4) is 0 Å². The van der Waals surface area contributed by atoms with E-state index in [-0.39, 0.29) is 5.91 Å². The van der Waals surface area contributed by atoms with Crippen molar-refractivity contribution in [3.8, 4) is 11.4 Å². The van der Waals surface area contributed by atoms with Crippen LogP contribution in [0.1, 0.15) is 27.4 Å². The topological polar surface area (TPSA) is 69.0 Å². The molecule has 0 radical (unpaired) electrons. The quantitative estimate of drug-likeness (QED) is 0.792. The number of carbonyl (C=O) groups is 1. The fourth-order valence-corrected chi connectivity index (χ4v) is 2.62. The molecule has 0 unspecified atom stereocenters. The highest BCUT2D eigenvalue weighted by atomic mass is 16.5. The number of ether oxygens (including phenoxy) is 1. The third-order valence-corrected chi connectivity index (χ3v) is 3.83. The molecule has 2 heterocycles. The van der Waals surface area contributed by atoms with E-state index in [9.17, 15) is 4.79 Å². The number of pyridine rings is 1. The van der Waals surface area contributed by atoms with Crippen LogP contribution in [-0.4, -0.2) is 27.8 Å². The van der Waals surface area contributed by atoms with Crippen LogP contribution in [0.2, 0.25) is 0 Å². The second-order valence-corrected chi connectivity index (χ2v) is 5.84. The molecule has 0 bridgehead atoms. The Kier molecular flexibility index (Phi) is 4.52. The van der Waals surface area contributed by atoms with E-state index in [4.69, 9.17) is 4.74 Å². The first-order valence-electron chi connectivity index (χ1n) is 7.94.